The van der Waals surface area contributed by atoms with Crippen molar-refractivity contribution in [3.63, 3.8) is 0 Å². The molecule has 0 atom stereocenters. The van der Waals surface area contributed by atoms with Crippen LogP contribution < -0.4 is 15.7 Å². The Labute approximate surface area is 177 Å². The van der Waals surface area contributed by atoms with E-state index in [-0.39, 0.29) is 12.5 Å². The van der Waals surface area contributed by atoms with E-state index in [0.717, 1.165) is 23.2 Å². The molecule has 8 heteroatoms. The first-order valence-electron chi connectivity index (χ1n) is 9.70. The fourth-order valence-electron chi connectivity index (χ4n) is 2.77. The minimum atomic E-state index is -0.479. The fraction of sp³-hybridized carbons (Fsp3) is 0.364. The van der Waals surface area contributed by atoms with E-state index in [0.29, 0.717) is 24.3 Å². The minimum absolute atomic E-state index is 0.0323. The van der Waals surface area contributed by atoms with E-state index in [1.54, 1.807) is 37.4 Å². The summed E-state index contributed by atoms with van der Waals surface area (Å²) >= 11 is 0. The standard InChI is InChI=1S/C22H30N4O4/c1-16-13-19(24-29)8-7-18(16)15-30-22(28)26(4)20-9-5-17(6-10-20)14-21(27)23-11-12-25(2)3/h5-10,13,24,29H,11-12,14-15H2,1-4H3,(H,23,27). The minimum Gasteiger partial charge on any atom is -0.444 e. The Morgan fingerprint density at radius 2 is 1.77 bits per heavy atom. The highest BCUT2D eigenvalue weighted by atomic mass is 16.6. The number of rotatable bonds is 9. The van der Waals surface area contributed by atoms with Gasteiger partial charge < -0.3 is 15.0 Å². The number of aryl methyl sites for hydroxylation is 1. The van der Waals surface area contributed by atoms with Crippen molar-refractivity contribution < 1.29 is 19.5 Å². The van der Waals surface area contributed by atoms with Crippen LogP contribution in [0.1, 0.15) is 16.7 Å². The van der Waals surface area contributed by atoms with Gasteiger partial charge in [0.2, 0.25) is 5.91 Å². The highest BCUT2D eigenvalue weighted by Gasteiger charge is 2.13. The van der Waals surface area contributed by atoms with E-state index in [1.807, 2.05) is 38.1 Å². The van der Waals surface area contributed by atoms with Crippen LogP contribution in [0, 0.1) is 6.92 Å². The quantitative estimate of drug-likeness (QED) is 0.547. The second kappa shape index (κ2) is 11.2. The van der Waals surface area contributed by atoms with Crippen LogP contribution in [0.5, 0.6) is 0 Å². The van der Waals surface area contributed by atoms with E-state index < -0.39 is 6.09 Å². The molecule has 3 N–H and O–H groups in total. The first-order chi connectivity index (χ1) is 14.3. The monoisotopic (exact) mass is 414 g/mol. The molecule has 0 saturated carbocycles. The number of likely N-dealkylation sites (N-methyl/N-ethyl adjacent to an activating group) is 1. The molecule has 0 aromatic heterocycles. The fourth-order valence-corrected chi connectivity index (χ4v) is 2.77. The van der Waals surface area contributed by atoms with Crippen molar-refractivity contribution in [2.24, 2.45) is 0 Å². The third-order valence-electron chi connectivity index (χ3n) is 4.67. The van der Waals surface area contributed by atoms with Crippen LogP contribution in [0.3, 0.4) is 0 Å². The molecule has 0 aliphatic carbocycles. The second-order valence-electron chi connectivity index (χ2n) is 7.36. The lowest BCUT2D eigenvalue weighted by Gasteiger charge is -2.18. The Balaban J connectivity index is 1.86. The van der Waals surface area contributed by atoms with E-state index in [4.69, 9.17) is 9.94 Å². The van der Waals surface area contributed by atoms with Crippen molar-refractivity contribution in [3.8, 4) is 0 Å². The van der Waals surface area contributed by atoms with E-state index >= 15 is 0 Å². The molecule has 0 unspecified atom stereocenters. The van der Waals surface area contributed by atoms with E-state index in [2.05, 4.69) is 10.8 Å². The zero-order chi connectivity index (χ0) is 22.1. The van der Waals surface area contributed by atoms with Gasteiger partial charge >= 0.3 is 6.09 Å². The van der Waals surface area contributed by atoms with Crippen molar-refractivity contribution in [2.75, 3.05) is 44.6 Å². The van der Waals surface area contributed by atoms with Gasteiger partial charge in [0, 0.05) is 25.8 Å². The summed E-state index contributed by atoms with van der Waals surface area (Å²) in [6, 6.07) is 12.5. The van der Waals surface area contributed by atoms with Crippen LogP contribution >= 0.6 is 0 Å². The van der Waals surface area contributed by atoms with Gasteiger partial charge in [-0.2, -0.15) is 0 Å². The van der Waals surface area contributed by atoms with Crippen LogP contribution in [0.4, 0.5) is 16.2 Å². The summed E-state index contributed by atoms with van der Waals surface area (Å²) < 4.78 is 5.39. The van der Waals surface area contributed by atoms with Crippen LogP contribution in [0.15, 0.2) is 42.5 Å². The SMILES string of the molecule is Cc1cc(NO)ccc1COC(=O)N(C)c1ccc(CC(=O)NCCN(C)C)cc1. The number of carbonyl (C=O) groups excluding carboxylic acids is 2. The molecule has 2 amide bonds. The number of nitrogens with zero attached hydrogens (tertiary/aromatic N) is 2. The molecule has 0 radical (unpaired) electrons. The number of amides is 2. The summed E-state index contributed by atoms with van der Waals surface area (Å²) in [5.74, 6) is -0.0323. The molecule has 8 nitrogen and oxygen atoms in total. The molecule has 0 spiro atoms. The number of benzene rings is 2. The largest absolute Gasteiger partial charge is 0.444 e. The van der Waals surface area contributed by atoms with Crippen LogP contribution in [0.25, 0.3) is 0 Å². The van der Waals surface area contributed by atoms with Gasteiger partial charge in [0.1, 0.15) is 6.61 Å². The van der Waals surface area contributed by atoms with Crippen molar-refractivity contribution in [1.82, 2.24) is 10.2 Å². The summed E-state index contributed by atoms with van der Waals surface area (Å²) in [4.78, 5) is 27.8. The van der Waals surface area contributed by atoms with E-state index in [1.165, 1.54) is 4.90 Å². The molecule has 30 heavy (non-hydrogen) atoms. The Kier molecular flexibility index (Phi) is 8.64. The number of anilines is 2. The van der Waals surface area contributed by atoms with Crippen LogP contribution in [-0.2, 0) is 22.6 Å². The topological polar surface area (TPSA) is 94.1 Å². The number of carbonyl (C=O) groups is 2. The Bertz CT molecular complexity index is 853. The Morgan fingerprint density at radius 3 is 2.37 bits per heavy atom. The summed E-state index contributed by atoms with van der Waals surface area (Å²) in [6.45, 7) is 3.41. The third-order valence-corrected chi connectivity index (χ3v) is 4.67. The molecular weight excluding hydrogens is 384 g/mol. The molecule has 2 aromatic carbocycles. The Morgan fingerprint density at radius 1 is 1.07 bits per heavy atom. The summed E-state index contributed by atoms with van der Waals surface area (Å²) in [6.07, 6.45) is -0.187. The van der Waals surface area contributed by atoms with Crippen molar-refractivity contribution >= 4 is 23.4 Å². The van der Waals surface area contributed by atoms with Gasteiger partial charge in [0.25, 0.3) is 0 Å². The highest BCUT2D eigenvalue weighted by Crippen LogP contribution is 2.18. The number of ether oxygens (including phenoxy) is 1. The van der Waals surface area contributed by atoms with Crippen molar-refractivity contribution in [2.45, 2.75) is 20.0 Å². The summed E-state index contributed by atoms with van der Waals surface area (Å²) in [7, 11) is 5.55. The first kappa shape index (κ1) is 23.2. The molecule has 2 aromatic rings. The maximum atomic E-state index is 12.4. The zero-order valence-electron chi connectivity index (χ0n) is 17.9. The van der Waals surface area contributed by atoms with E-state index in [9.17, 15) is 9.59 Å². The molecule has 0 aliphatic heterocycles. The lowest BCUT2D eigenvalue weighted by atomic mass is 10.1. The predicted molar refractivity (Wildman–Crippen MR) is 117 cm³/mol. The molecule has 0 heterocycles. The number of nitrogens with one attached hydrogen (secondary N) is 2. The maximum absolute atomic E-state index is 12.4. The smallest absolute Gasteiger partial charge is 0.414 e. The molecule has 0 saturated heterocycles. The van der Waals surface area contributed by atoms with Gasteiger partial charge in [0.15, 0.2) is 0 Å². The van der Waals surface area contributed by atoms with Crippen molar-refractivity contribution in [3.05, 3.63) is 59.2 Å². The van der Waals surface area contributed by atoms with Crippen LogP contribution in [0.2, 0.25) is 0 Å². The highest BCUT2D eigenvalue weighted by molar-refractivity contribution is 5.87. The van der Waals surface area contributed by atoms with Crippen molar-refractivity contribution in [1.29, 1.82) is 0 Å². The van der Waals surface area contributed by atoms with Gasteiger partial charge in [-0.1, -0.05) is 18.2 Å². The average Bonchev–Trinajstić information content (AvgIpc) is 2.72. The van der Waals surface area contributed by atoms with Gasteiger partial charge in [-0.3, -0.25) is 20.4 Å². The first-order valence-corrected chi connectivity index (χ1v) is 9.70. The number of hydrogen-bond acceptors (Lipinski definition) is 6. The lowest BCUT2D eigenvalue weighted by Crippen LogP contribution is -2.32. The lowest BCUT2D eigenvalue weighted by molar-refractivity contribution is -0.120. The summed E-state index contributed by atoms with van der Waals surface area (Å²) in [5, 5.41) is 11.8. The third kappa shape index (κ3) is 7.06. The summed E-state index contributed by atoms with van der Waals surface area (Å²) in [5.41, 5.74) is 5.96. The average molecular weight is 415 g/mol. The molecule has 0 fully saturated rings. The predicted octanol–water partition coefficient (Wildman–Crippen LogP) is 2.79. The van der Waals surface area contributed by atoms with Gasteiger partial charge in [-0.15, -0.1) is 0 Å². The zero-order valence-corrected chi connectivity index (χ0v) is 17.9. The molecule has 2 rings (SSSR count). The maximum Gasteiger partial charge on any atom is 0.414 e. The van der Waals surface area contributed by atoms with Gasteiger partial charge in [-0.05, 0) is 62.0 Å². The molecule has 0 bridgehead atoms. The normalized spacial score (nSPS) is 10.6. The molecular formula is C22H30N4O4. The Hall–Kier alpha value is -3.10. The van der Waals surface area contributed by atoms with Crippen LogP contribution in [-0.4, -0.2) is 56.3 Å². The number of hydrogen-bond donors (Lipinski definition) is 3. The molecule has 162 valence electrons. The van der Waals surface area contributed by atoms with Gasteiger partial charge in [0.05, 0.1) is 12.1 Å². The second-order valence-corrected chi connectivity index (χ2v) is 7.36. The van der Waals surface area contributed by atoms with Gasteiger partial charge in [-0.25, -0.2) is 4.79 Å². The molecule has 0 aliphatic rings.